The average molecular weight is 297 g/mol. The molecule has 0 aromatic heterocycles. The molecule has 1 aromatic carbocycles. The third-order valence-corrected chi connectivity index (χ3v) is 5.52. The average Bonchev–Trinajstić information content (AvgIpc) is 3.21. The summed E-state index contributed by atoms with van der Waals surface area (Å²) in [6.45, 7) is 4.00. The molecule has 5 heteroatoms. The van der Waals surface area contributed by atoms with Gasteiger partial charge in [0.1, 0.15) is 0 Å². The van der Waals surface area contributed by atoms with Crippen LogP contribution in [-0.2, 0) is 16.6 Å². The van der Waals surface area contributed by atoms with Crippen LogP contribution in [0.5, 0.6) is 0 Å². The van der Waals surface area contributed by atoms with Gasteiger partial charge < -0.3 is 5.11 Å². The van der Waals surface area contributed by atoms with Crippen molar-refractivity contribution in [2.24, 2.45) is 5.92 Å². The summed E-state index contributed by atoms with van der Waals surface area (Å²) in [5.74, 6) is 0.821. The molecule has 2 rings (SSSR count). The molecule has 20 heavy (non-hydrogen) atoms. The summed E-state index contributed by atoms with van der Waals surface area (Å²) in [5.41, 5.74) is 2.26. The Morgan fingerprint density at radius 1 is 1.30 bits per heavy atom. The maximum Gasteiger partial charge on any atom is 0.240 e. The van der Waals surface area contributed by atoms with Crippen LogP contribution in [0.15, 0.2) is 17.0 Å². The van der Waals surface area contributed by atoms with Crippen molar-refractivity contribution in [1.29, 1.82) is 0 Å². The maximum atomic E-state index is 12.3. The number of rotatable bonds is 7. The summed E-state index contributed by atoms with van der Waals surface area (Å²) in [5, 5.41) is 9.21. The van der Waals surface area contributed by atoms with Crippen molar-refractivity contribution in [3.63, 3.8) is 0 Å². The summed E-state index contributed by atoms with van der Waals surface area (Å²) >= 11 is 0. The third kappa shape index (κ3) is 3.81. The van der Waals surface area contributed by atoms with Crippen LogP contribution in [0.1, 0.15) is 42.4 Å². The van der Waals surface area contributed by atoms with Gasteiger partial charge in [-0.2, -0.15) is 0 Å². The first-order valence-corrected chi connectivity index (χ1v) is 8.63. The van der Waals surface area contributed by atoms with Gasteiger partial charge in [-0.1, -0.05) is 18.9 Å². The standard InChI is InChI=1S/C15H23NO3S/c1-11-8-14(10-17)9-15(12(11)2)20(18,19)16-7-3-4-13-5-6-13/h8-9,13,16-17H,3-7,10H2,1-2H3. The quantitative estimate of drug-likeness (QED) is 0.759. The fraction of sp³-hybridized carbons (Fsp3) is 0.600. The normalized spacial score (nSPS) is 15.6. The molecule has 1 saturated carbocycles. The van der Waals surface area contributed by atoms with Gasteiger partial charge in [0.25, 0.3) is 0 Å². The Labute approximate surface area is 121 Å². The lowest BCUT2D eigenvalue weighted by molar-refractivity contribution is 0.281. The van der Waals surface area contributed by atoms with E-state index < -0.39 is 10.0 Å². The van der Waals surface area contributed by atoms with Gasteiger partial charge >= 0.3 is 0 Å². The van der Waals surface area contributed by atoms with E-state index in [9.17, 15) is 13.5 Å². The number of sulfonamides is 1. The van der Waals surface area contributed by atoms with Gasteiger partial charge in [-0.15, -0.1) is 0 Å². The molecule has 0 heterocycles. The molecule has 0 saturated heterocycles. The van der Waals surface area contributed by atoms with Gasteiger partial charge in [-0.3, -0.25) is 0 Å². The first-order valence-electron chi connectivity index (χ1n) is 7.14. The third-order valence-electron chi connectivity index (χ3n) is 3.93. The van der Waals surface area contributed by atoms with Gasteiger partial charge in [0.15, 0.2) is 0 Å². The molecule has 1 aromatic rings. The zero-order chi connectivity index (χ0) is 14.8. The molecule has 1 fully saturated rings. The molecule has 0 spiro atoms. The van der Waals surface area contributed by atoms with Crippen LogP contribution in [0, 0.1) is 19.8 Å². The maximum absolute atomic E-state index is 12.3. The van der Waals surface area contributed by atoms with E-state index in [0.29, 0.717) is 12.1 Å². The molecule has 1 aliphatic rings. The molecule has 2 N–H and O–H groups in total. The van der Waals surface area contributed by atoms with Crippen molar-refractivity contribution in [1.82, 2.24) is 4.72 Å². The predicted octanol–water partition coefficient (Wildman–Crippen LogP) is 2.26. The number of hydrogen-bond acceptors (Lipinski definition) is 3. The Kier molecular flexibility index (Phi) is 4.83. The van der Waals surface area contributed by atoms with E-state index in [1.165, 1.54) is 12.8 Å². The van der Waals surface area contributed by atoms with Crippen LogP contribution in [0.2, 0.25) is 0 Å². The van der Waals surface area contributed by atoms with Crippen molar-refractivity contribution in [2.75, 3.05) is 6.54 Å². The molecule has 4 nitrogen and oxygen atoms in total. The summed E-state index contributed by atoms with van der Waals surface area (Å²) in [7, 11) is -3.48. The number of nitrogens with one attached hydrogen (secondary N) is 1. The summed E-state index contributed by atoms with van der Waals surface area (Å²) < 4.78 is 27.4. The van der Waals surface area contributed by atoms with E-state index in [-0.39, 0.29) is 11.5 Å². The molecule has 0 atom stereocenters. The lowest BCUT2D eigenvalue weighted by atomic mass is 10.1. The van der Waals surface area contributed by atoms with E-state index in [1.807, 2.05) is 13.0 Å². The van der Waals surface area contributed by atoms with Crippen molar-refractivity contribution in [3.8, 4) is 0 Å². The molecular weight excluding hydrogens is 274 g/mol. The highest BCUT2D eigenvalue weighted by Crippen LogP contribution is 2.33. The molecule has 0 unspecified atom stereocenters. The van der Waals surface area contributed by atoms with Crippen molar-refractivity contribution in [3.05, 3.63) is 28.8 Å². The SMILES string of the molecule is Cc1cc(CO)cc(S(=O)(=O)NCCCC2CC2)c1C. The zero-order valence-corrected chi connectivity index (χ0v) is 13.0. The lowest BCUT2D eigenvalue weighted by Crippen LogP contribution is -2.26. The van der Waals surface area contributed by atoms with Crippen molar-refractivity contribution < 1.29 is 13.5 Å². The molecule has 1 aliphatic carbocycles. The molecule has 0 radical (unpaired) electrons. The first-order chi connectivity index (χ1) is 9.44. The Bertz CT molecular complexity index is 577. The lowest BCUT2D eigenvalue weighted by Gasteiger charge is -2.13. The number of aliphatic hydroxyl groups is 1. The van der Waals surface area contributed by atoms with Crippen LogP contribution in [0.3, 0.4) is 0 Å². The molecule has 0 aliphatic heterocycles. The Balaban J connectivity index is 2.08. The van der Waals surface area contributed by atoms with Gasteiger partial charge in [0.05, 0.1) is 11.5 Å². The smallest absolute Gasteiger partial charge is 0.240 e. The monoisotopic (exact) mass is 297 g/mol. The highest BCUT2D eigenvalue weighted by Gasteiger charge is 2.22. The van der Waals surface area contributed by atoms with Crippen molar-refractivity contribution >= 4 is 10.0 Å². The predicted molar refractivity (Wildman–Crippen MR) is 79.0 cm³/mol. The molecule has 112 valence electrons. The Hall–Kier alpha value is -0.910. The van der Waals surface area contributed by atoms with Crippen LogP contribution in [0.25, 0.3) is 0 Å². The van der Waals surface area contributed by atoms with Gasteiger partial charge in [-0.05, 0) is 55.4 Å². The molecule has 0 bridgehead atoms. The van der Waals surface area contributed by atoms with E-state index in [1.54, 1.807) is 13.0 Å². The topological polar surface area (TPSA) is 66.4 Å². The van der Waals surface area contributed by atoms with Crippen LogP contribution in [-0.4, -0.2) is 20.1 Å². The number of hydrogen-bond donors (Lipinski definition) is 2. The van der Waals surface area contributed by atoms with Crippen LogP contribution >= 0.6 is 0 Å². The minimum Gasteiger partial charge on any atom is -0.392 e. The summed E-state index contributed by atoms with van der Waals surface area (Å²) in [6.07, 6.45) is 4.59. The second-order valence-electron chi connectivity index (χ2n) is 5.68. The second kappa shape index (κ2) is 6.24. The minimum atomic E-state index is -3.48. The Morgan fingerprint density at radius 2 is 2.00 bits per heavy atom. The van der Waals surface area contributed by atoms with E-state index in [2.05, 4.69) is 4.72 Å². The fourth-order valence-electron chi connectivity index (χ4n) is 2.35. The van der Waals surface area contributed by atoms with Gasteiger partial charge in [0, 0.05) is 6.54 Å². The first kappa shape index (κ1) is 15.5. The van der Waals surface area contributed by atoms with Gasteiger partial charge in [-0.25, -0.2) is 13.1 Å². The number of aliphatic hydroxyl groups excluding tert-OH is 1. The van der Waals surface area contributed by atoms with Crippen LogP contribution in [0.4, 0.5) is 0 Å². The number of aryl methyl sites for hydroxylation is 1. The zero-order valence-electron chi connectivity index (χ0n) is 12.1. The van der Waals surface area contributed by atoms with E-state index in [0.717, 1.165) is 29.9 Å². The number of benzene rings is 1. The van der Waals surface area contributed by atoms with Crippen LogP contribution < -0.4 is 4.72 Å². The highest BCUT2D eigenvalue weighted by atomic mass is 32.2. The van der Waals surface area contributed by atoms with E-state index in [4.69, 9.17) is 0 Å². The molecular formula is C15H23NO3S. The Morgan fingerprint density at radius 3 is 2.60 bits per heavy atom. The largest absolute Gasteiger partial charge is 0.392 e. The summed E-state index contributed by atoms with van der Waals surface area (Å²) in [6, 6.07) is 3.38. The van der Waals surface area contributed by atoms with E-state index >= 15 is 0 Å². The highest BCUT2D eigenvalue weighted by molar-refractivity contribution is 7.89. The fourth-order valence-corrected chi connectivity index (χ4v) is 3.79. The second-order valence-corrected chi connectivity index (χ2v) is 7.41. The van der Waals surface area contributed by atoms with Gasteiger partial charge in [0.2, 0.25) is 10.0 Å². The molecule has 0 amide bonds. The summed E-state index contributed by atoms with van der Waals surface area (Å²) in [4.78, 5) is 0.285. The van der Waals surface area contributed by atoms with Crippen molar-refractivity contribution in [2.45, 2.75) is 51.0 Å². The minimum absolute atomic E-state index is 0.147.